The molecule has 0 amide bonds. The molecule has 4 nitrogen and oxygen atoms in total. The molecule has 4 heteroatoms. The maximum atomic E-state index is 8.72. The van der Waals surface area contributed by atoms with Crippen molar-refractivity contribution in [1.82, 2.24) is 0 Å². The van der Waals surface area contributed by atoms with Crippen molar-refractivity contribution < 1.29 is 10.4 Å². The van der Waals surface area contributed by atoms with E-state index in [2.05, 4.69) is 10.3 Å². The second-order valence-corrected chi connectivity index (χ2v) is 2.85. The van der Waals surface area contributed by atoms with Crippen molar-refractivity contribution >= 4 is 11.4 Å². The first-order valence-corrected chi connectivity index (χ1v) is 4.66. The number of nitrogens with zero attached hydrogens (tertiary/aromatic N) is 2. The van der Waals surface area contributed by atoms with Crippen LogP contribution >= 0.6 is 0 Å². The normalized spacial score (nSPS) is 15.9. The Morgan fingerprint density at radius 3 is 1.54 bits per heavy atom. The summed E-state index contributed by atoms with van der Waals surface area (Å²) in [5, 5.41) is 23.9. The van der Waals surface area contributed by atoms with Gasteiger partial charge in [0.1, 0.15) is 0 Å². The fourth-order valence-corrected chi connectivity index (χ4v) is 1.44. The van der Waals surface area contributed by atoms with E-state index in [0.29, 0.717) is 24.3 Å². The Morgan fingerprint density at radius 2 is 1.38 bits per heavy atom. The predicted molar refractivity (Wildman–Crippen MR) is 52.8 cm³/mol. The summed E-state index contributed by atoms with van der Waals surface area (Å²) in [4.78, 5) is 0. The van der Waals surface area contributed by atoms with Crippen molar-refractivity contribution in [3.63, 3.8) is 0 Å². The molecule has 0 unspecified atom stereocenters. The molecule has 0 aliphatic heterocycles. The molecular formula is C9H18N2O2. The Labute approximate surface area is 78.9 Å². The third-order valence-electron chi connectivity index (χ3n) is 2.19. The van der Waals surface area contributed by atoms with Gasteiger partial charge in [-0.1, -0.05) is 31.1 Å². The summed E-state index contributed by atoms with van der Waals surface area (Å²) < 4.78 is 0. The predicted octanol–water partition coefficient (Wildman–Crippen LogP) is 2.49. The molecule has 0 saturated heterocycles. The maximum Gasteiger partial charge on any atom is 0.0656 e. The Bertz CT molecular complexity index is 180. The average Bonchev–Trinajstić information content (AvgIpc) is 2.18. The molecule has 0 heterocycles. The highest BCUT2D eigenvalue weighted by molar-refractivity contribution is 6.06. The minimum Gasteiger partial charge on any atom is -0.411 e. The molecule has 0 spiro atoms. The van der Waals surface area contributed by atoms with Crippen LogP contribution in [0.4, 0.5) is 0 Å². The van der Waals surface area contributed by atoms with Crippen molar-refractivity contribution in [2.75, 3.05) is 0 Å². The van der Waals surface area contributed by atoms with Crippen LogP contribution in [-0.2, 0) is 0 Å². The Kier molecular flexibility index (Phi) is 5.93. The van der Waals surface area contributed by atoms with E-state index >= 15 is 0 Å². The molecule has 0 aromatic heterocycles. The first kappa shape index (κ1) is 11.9. The van der Waals surface area contributed by atoms with Crippen molar-refractivity contribution in [2.45, 2.75) is 40.0 Å². The number of oxime groups is 2. The summed E-state index contributed by atoms with van der Waals surface area (Å²) in [5.74, 6) is -0.0231. The SMILES string of the molecule is CC/C(=N/O)C(CC)/C(CC)=N\O. The summed E-state index contributed by atoms with van der Waals surface area (Å²) in [7, 11) is 0. The molecule has 0 atom stereocenters. The highest BCUT2D eigenvalue weighted by atomic mass is 16.4. The van der Waals surface area contributed by atoms with Crippen molar-refractivity contribution in [3.05, 3.63) is 0 Å². The quantitative estimate of drug-likeness (QED) is 0.393. The van der Waals surface area contributed by atoms with Gasteiger partial charge < -0.3 is 10.4 Å². The molecule has 76 valence electrons. The lowest BCUT2D eigenvalue weighted by Gasteiger charge is -2.15. The van der Waals surface area contributed by atoms with E-state index in [4.69, 9.17) is 10.4 Å². The van der Waals surface area contributed by atoms with Crippen LogP contribution in [0.25, 0.3) is 0 Å². The standard InChI is InChI=1S/C9H18N2O2/c1-4-7(8(5-2)10-12)9(6-3)11-13/h7,12-13H,4-6H2,1-3H3/b10-8-,11-9-. The minimum absolute atomic E-state index is 0.0231. The topological polar surface area (TPSA) is 65.2 Å². The summed E-state index contributed by atoms with van der Waals surface area (Å²) >= 11 is 0. The average molecular weight is 186 g/mol. The zero-order valence-electron chi connectivity index (χ0n) is 8.49. The summed E-state index contributed by atoms with van der Waals surface area (Å²) in [6, 6.07) is 0. The van der Waals surface area contributed by atoms with Gasteiger partial charge in [-0.05, 0) is 19.3 Å². The lowest BCUT2D eigenvalue weighted by Crippen LogP contribution is -2.22. The van der Waals surface area contributed by atoms with Crippen LogP contribution in [-0.4, -0.2) is 21.8 Å². The lowest BCUT2D eigenvalue weighted by atomic mass is 9.92. The van der Waals surface area contributed by atoms with E-state index in [1.165, 1.54) is 0 Å². The summed E-state index contributed by atoms with van der Waals surface area (Å²) in [6.45, 7) is 5.82. The van der Waals surface area contributed by atoms with E-state index in [1.54, 1.807) is 0 Å². The minimum atomic E-state index is -0.0231. The second kappa shape index (κ2) is 6.46. The molecule has 0 aromatic rings. The van der Waals surface area contributed by atoms with Gasteiger partial charge in [-0.15, -0.1) is 0 Å². The third kappa shape index (κ3) is 3.05. The van der Waals surface area contributed by atoms with Crippen LogP contribution in [0.2, 0.25) is 0 Å². The first-order valence-electron chi connectivity index (χ1n) is 4.66. The van der Waals surface area contributed by atoms with E-state index in [9.17, 15) is 0 Å². The van der Waals surface area contributed by atoms with Gasteiger partial charge in [0, 0.05) is 5.92 Å². The monoisotopic (exact) mass is 186 g/mol. The smallest absolute Gasteiger partial charge is 0.0656 e. The molecular weight excluding hydrogens is 168 g/mol. The van der Waals surface area contributed by atoms with Gasteiger partial charge in [0.2, 0.25) is 0 Å². The summed E-state index contributed by atoms with van der Waals surface area (Å²) in [5.41, 5.74) is 1.36. The van der Waals surface area contributed by atoms with Crippen molar-refractivity contribution in [1.29, 1.82) is 0 Å². The van der Waals surface area contributed by atoms with Gasteiger partial charge in [-0.2, -0.15) is 0 Å². The fourth-order valence-electron chi connectivity index (χ4n) is 1.44. The van der Waals surface area contributed by atoms with Crippen LogP contribution in [0.1, 0.15) is 40.0 Å². The van der Waals surface area contributed by atoms with Crippen LogP contribution in [0, 0.1) is 5.92 Å². The zero-order chi connectivity index (χ0) is 10.3. The summed E-state index contributed by atoms with van der Waals surface area (Å²) in [6.07, 6.45) is 2.14. The van der Waals surface area contributed by atoms with Crippen LogP contribution in [0.5, 0.6) is 0 Å². The molecule has 13 heavy (non-hydrogen) atoms. The molecule has 0 fully saturated rings. The molecule has 0 aromatic carbocycles. The molecule has 0 saturated carbocycles. The highest BCUT2D eigenvalue weighted by Crippen LogP contribution is 2.13. The van der Waals surface area contributed by atoms with Gasteiger partial charge in [0.05, 0.1) is 11.4 Å². The molecule has 0 aliphatic rings. The Hall–Kier alpha value is -1.06. The third-order valence-corrected chi connectivity index (χ3v) is 2.19. The zero-order valence-corrected chi connectivity index (χ0v) is 8.49. The highest BCUT2D eigenvalue weighted by Gasteiger charge is 2.18. The van der Waals surface area contributed by atoms with E-state index in [-0.39, 0.29) is 5.92 Å². The number of hydrogen-bond donors (Lipinski definition) is 2. The van der Waals surface area contributed by atoms with E-state index in [0.717, 1.165) is 6.42 Å². The van der Waals surface area contributed by atoms with Crippen LogP contribution in [0.3, 0.4) is 0 Å². The van der Waals surface area contributed by atoms with Crippen LogP contribution < -0.4 is 0 Å². The second-order valence-electron chi connectivity index (χ2n) is 2.85. The van der Waals surface area contributed by atoms with Crippen molar-refractivity contribution in [2.24, 2.45) is 16.2 Å². The van der Waals surface area contributed by atoms with Gasteiger partial charge in [0.15, 0.2) is 0 Å². The Balaban J connectivity index is 4.67. The van der Waals surface area contributed by atoms with Gasteiger partial charge in [-0.3, -0.25) is 0 Å². The van der Waals surface area contributed by atoms with Gasteiger partial charge in [-0.25, -0.2) is 0 Å². The molecule has 2 N–H and O–H groups in total. The molecule has 0 radical (unpaired) electrons. The fraction of sp³-hybridized carbons (Fsp3) is 0.778. The molecule has 0 aliphatic carbocycles. The van der Waals surface area contributed by atoms with Crippen molar-refractivity contribution in [3.8, 4) is 0 Å². The lowest BCUT2D eigenvalue weighted by molar-refractivity contribution is 0.309. The van der Waals surface area contributed by atoms with E-state index in [1.807, 2.05) is 20.8 Å². The largest absolute Gasteiger partial charge is 0.411 e. The number of rotatable bonds is 5. The maximum absolute atomic E-state index is 8.72. The van der Waals surface area contributed by atoms with Crippen LogP contribution in [0.15, 0.2) is 10.3 Å². The number of hydrogen-bond acceptors (Lipinski definition) is 4. The molecule has 0 bridgehead atoms. The van der Waals surface area contributed by atoms with Gasteiger partial charge >= 0.3 is 0 Å². The molecule has 0 rings (SSSR count). The van der Waals surface area contributed by atoms with Gasteiger partial charge in [0.25, 0.3) is 0 Å². The van der Waals surface area contributed by atoms with E-state index < -0.39 is 0 Å². The Morgan fingerprint density at radius 1 is 1.00 bits per heavy atom. The first-order chi connectivity index (χ1) is 6.24.